The summed E-state index contributed by atoms with van der Waals surface area (Å²) in [5.74, 6) is -0.116. The van der Waals surface area contributed by atoms with Crippen LogP contribution in [0.1, 0.15) is 43.4 Å². The molecule has 1 fully saturated rings. The maximum Gasteiger partial charge on any atom is 0.308 e. The fraction of sp³-hybridized carbons (Fsp3) is 0.643. The molecule has 1 saturated carbocycles. The number of carboxylic acid groups (broad SMARTS) is 1. The fourth-order valence-corrected chi connectivity index (χ4v) is 3.25. The zero-order valence-corrected chi connectivity index (χ0v) is 10.9. The second-order valence-electron chi connectivity index (χ2n) is 5.48. The number of fused-ring (bicyclic) bond motifs is 1. The van der Waals surface area contributed by atoms with Crippen LogP contribution in [-0.2, 0) is 17.6 Å². The highest BCUT2D eigenvalue weighted by atomic mass is 16.4. The lowest BCUT2D eigenvalue weighted by Gasteiger charge is -2.22. The van der Waals surface area contributed by atoms with Gasteiger partial charge in [0, 0.05) is 17.3 Å². The third-order valence-electron chi connectivity index (χ3n) is 4.28. The summed E-state index contributed by atoms with van der Waals surface area (Å²) in [6, 6.07) is 0.0124. The molecule has 0 bridgehead atoms. The Hall–Kier alpha value is -1.65. The summed E-state index contributed by atoms with van der Waals surface area (Å²) < 4.78 is 0. The average molecular weight is 261 g/mol. The van der Waals surface area contributed by atoms with Crippen LogP contribution in [0.2, 0.25) is 0 Å². The number of carboxylic acids is 1. The zero-order chi connectivity index (χ0) is 13.2. The van der Waals surface area contributed by atoms with Crippen molar-refractivity contribution in [1.29, 1.82) is 0 Å². The van der Waals surface area contributed by atoms with Crippen LogP contribution in [0, 0.1) is 5.92 Å². The van der Waals surface area contributed by atoms with E-state index < -0.39 is 5.97 Å². The molecule has 1 aromatic rings. The standard InChI is InChI=1S/C14H19N3O2/c18-14(19)10-5-3-7-12(10)17-13-9-4-1-2-6-11(9)15-8-16-13/h8,10,12H,1-7H2,(H,18,19)(H,15,16,17)/t10-,12+/m1/s1. The van der Waals surface area contributed by atoms with E-state index in [0.717, 1.165) is 43.6 Å². The number of nitrogens with one attached hydrogen (secondary N) is 1. The van der Waals surface area contributed by atoms with Crippen LogP contribution in [0.25, 0.3) is 0 Å². The molecule has 0 aliphatic heterocycles. The van der Waals surface area contributed by atoms with Gasteiger partial charge >= 0.3 is 5.97 Å². The van der Waals surface area contributed by atoms with Crippen molar-refractivity contribution in [1.82, 2.24) is 9.97 Å². The molecular formula is C14H19N3O2. The molecule has 1 heterocycles. The summed E-state index contributed by atoms with van der Waals surface area (Å²) in [5, 5.41) is 12.6. The van der Waals surface area contributed by atoms with Gasteiger partial charge in [0.1, 0.15) is 12.1 Å². The Morgan fingerprint density at radius 2 is 2.05 bits per heavy atom. The van der Waals surface area contributed by atoms with Crippen LogP contribution < -0.4 is 5.32 Å². The SMILES string of the molecule is O=C(O)[C@@H]1CCC[C@@H]1Nc1ncnc2c1CCCC2. The normalized spacial score (nSPS) is 25.9. The van der Waals surface area contributed by atoms with Crippen molar-refractivity contribution in [3.8, 4) is 0 Å². The van der Waals surface area contributed by atoms with Gasteiger partial charge in [0.15, 0.2) is 0 Å². The second-order valence-corrected chi connectivity index (χ2v) is 5.48. The van der Waals surface area contributed by atoms with E-state index in [1.54, 1.807) is 6.33 Å². The summed E-state index contributed by atoms with van der Waals surface area (Å²) in [6.07, 6.45) is 8.62. The number of carbonyl (C=O) groups is 1. The Morgan fingerprint density at radius 3 is 2.89 bits per heavy atom. The Labute approximate surface area is 112 Å². The van der Waals surface area contributed by atoms with Gasteiger partial charge in [-0.05, 0) is 38.5 Å². The molecular weight excluding hydrogens is 242 g/mol. The zero-order valence-electron chi connectivity index (χ0n) is 10.9. The minimum Gasteiger partial charge on any atom is -0.481 e. The van der Waals surface area contributed by atoms with Crippen molar-refractivity contribution < 1.29 is 9.90 Å². The molecule has 0 amide bonds. The van der Waals surface area contributed by atoms with Gasteiger partial charge in [-0.25, -0.2) is 9.97 Å². The molecule has 2 aliphatic rings. The van der Waals surface area contributed by atoms with Gasteiger partial charge in [-0.1, -0.05) is 6.42 Å². The highest BCUT2D eigenvalue weighted by Gasteiger charge is 2.33. The van der Waals surface area contributed by atoms with E-state index in [2.05, 4.69) is 15.3 Å². The van der Waals surface area contributed by atoms with Crippen molar-refractivity contribution in [3.05, 3.63) is 17.6 Å². The molecule has 0 saturated heterocycles. The van der Waals surface area contributed by atoms with Crippen LogP contribution in [0.4, 0.5) is 5.82 Å². The van der Waals surface area contributed by atoms with Crippen molar-refractivity contribution in [2.45, 2.75) is 51.0 Å². The monoisotopic (exact) mass is 261 g/mol. The van der Waals surface area contributed by atoms with Crippen molar-refractivity contribution in [2.24, 2.45) is 5.92 Å². The number of hydrogen-bond acceptors (Lipinski definition) is 4. The van der Waals surface area contributed by atoms with Crippen LogP contribution in [0.3, 0.4) is 0 Å². The van der Waals surface area contributed by atoms with Crippen LogP contribution in [-0.4, -0.2) is 27.1 Å². The Morgan fingerprint density at radius 1 is 1.21 bits per heavy atom. The van der Waals surface area contributed by atoms with Gasteiger partial charge < -0.3 is 10.4 Å². The number of nitrogens with zero attached hydrogens (tertiary/aromatic N) is 2. The molecule has 5 nitrogen and oxygen atoms in total. The second kappa shape index (κ2) is 5.15. The van der Waals surface area contributed by atoms with E-state index >= 15 is 0 Å². The third-order valence-corrected chi connectivity index (χ3v) is 4.28. The van der Waals surface area contributed by atoms with Crippen LogP contribution >= 0.6 is 0 Å². The topological polar surface area (TPSA) is 75.1 Å². The Balaban J connectivity index is 1.81. The molecule has 19 heavy (non-hydrogen) atoms. The largest absolute Gasteiger partial charge is 0.481 e. The summed E-state index contributed by atoms with van der Waals surface area (Å²) >= 11 is 0. The fourth-order valence-electron chi connectivity index (χ4n) is 3.25. The van der Waals surface area contributed by atoms with Crippen molar-refractivity contribution in [2.75, 3.05) is 5.32 Å². The first kappa shape index (κ1) is 12.4. The van der Waals surface area contributed by atoms with E-state index in [1.165, 1.54) is 18.4 Å². The van der Waals surface area contributed by atoms with E-state index in [1.807, 2.05) is 0 Å². The smallest absolute Gasteiger partial charge is 0.308 e. The predicted molar refractivity (Wildman–Crippen MR) is 71.1 cm³/mol. The Bertz CT molecular complexity index is 490. The van der Waals surface area contributed by atoms with Gasteiger partial charge in [0.2, 0.25) is 0 Å². The number of anilines is 1. The summed E-state index contributed by atoms with van der Waals surface area (Å²) in [6.45, 7) is 0. The van der Waals surface area contributed by atoms with Gasteiger partial charge in [0.25, 0.3) is 0 Å². The molecule has 0 unspecified atom stereocenters. The molecule has 1 aromatic heterocycles. The van der Waals surface area contributed by atoms with E-state index in [0.29, 0.717) is 0 Å². The lowest BCUT2D eigenvalue weighted by atomic mass is 9.96. The lowest BCUT2D eigenvalue weighted by Crippen LogP contribution is -2.31. The summed E-state index contributed by atoms with van der Waals surface area (Å²) in [4.78, 5) is 19.9. The Kier molecular flexibility index (Phi) is 3.36. The van der Waals surface area contributed by atoms with Gasteiger partial charge in [-0.3, -0.25) is 4.79 Å². The number of aromatic nitrogens is 2. The minimum absolute atomic E-state index is 0.0124. The van der Waals surface area contributed by atoms with E-state index in [-0.39, 0.29) is 12.0 Å². The molecule has 0 aromatic carbocycles. The summed E-state index contributed by atoms with van der Waals surface area (Å²) in [5.41, 5.74) is 2.33. The molecule has 2 aliphatic carbocycles. The average Bonchev–Trinajstić information content (AvgIpc) is 2.87. The first-order valence-corrected chi connectivity index (χ1v) is 7.08. The molecule has 102 valence electrons. The number of rotatable bonds is 3. The summed E-state index contributed by atoms with van der Waals surface area (Å²) in [7, 11) is 0. The maximum atomic E-state index is 11.2. The quantitative estimate of drug-likeness (QED) is 0.870. The molecule has 2 N–H and O–H groups in total. The first-order chi connectivity index (χ1) is 9.25. The van der Waals surface area contributed by atoms with Crippen LogP contribution in [0.15, 0.2) is 6.33 Å². The molecule has 3 rings (SSSR count). The molecule has 5 heteroatoms. The van der Waals surface area contributed by atoms with Crippen LogP contribution in [0.5, 0.6) is 0 Å². The number of aryl methyl sites for hydroxylation is 1. The first-order valence-electron chi connectivity index (χ1n) is 7.08. The highest BCUT2D eigenvalue weighted by Crippen LogP contribution is 2.31. The van der Waals surface area contributed by atoms with Gasteiger partial charge in [-0.2, -0.15) is 0 Å². The van der Waals surface area contributed by atoms with Crippen molar-refractivity contribution >= 4 is 11.8 Å². The van der Waals surface area contributed by atoms with E-state index in [9.17, 15) is 9.90 Å². The predicted octanol–water partition coefficient (Wildman–Crippen LogP) is 2.02. The third kappa shape index (κ3) is 2.41. The lowest BCUT2D eigenvalue weighted by molar-refractivity contribution is -0.141. The molecule has 0 spiro atoms. The highest BCUT2D eigenvalue weighted by molar-refractivity contribution is 5.72. The molecule has 2 atom stereocenters. The number of aliphatic carboxylic acids is 1. The van der Waals surface area contributed by atoms with Crippen molar-refractivity contribution in [3.63, 3.8) is 0 Å². The van der Waals surface area contributed by atoms with Gasteiger partial charge in [0.05, 0.1) is 5.92 Å². The maximum absolute atomic E-state index is 11.2. The number of hydrogen-bond donors (Lipinski definition) is 2. The van der Waals surface area contributed by atoms with Gasteiger partial charge in [-0.15, -0.1) is 0 Å². The minimum atomic E-state index is -0.696. The molecule has 0 radical (unpaired) electrons. The van der Waals surface area contributed by atoms with E-state index in [4.69, 9.17) is 0 Å².